The van der Waals surface area contributed by atoms with Gasteiger partial charge in [0.25, 0.3) is 0 Å². The first-order valence-corrected chi connectivity index (χ1v) is 14.7. The van der Waals surface area contributed by atoms with Gasteiger partial charge in [0.1, 0.15) is 23.1 Å². The fourth-order valence-electron chi connectivity index (χ4n) is 2.91. The summed E-state index contributed by atoms with van der Waals surface area (Å²) in [5.41, 5.74) is 0.732. The van der Waals surface area contributed by atoms with Gasteiger partial charge in [0.15, 0.2) is 0 Å². The third-order valence-corrected chi connectivity index (χ3v) is 10.1. The van der Waals surface area contributed by atoms with Crippen molar-refractivity contribution in [1.82, 2.24) is 0 Å². The minimum atomic E-state index is -0.510. The van der Waals surface area contributed by atoms with Gasteiger partial charge in [-0.15, -0.1) is 36.4 Å². The van der Waals surface area contributed by atoms with Gasteiger partial charge in [0.05, 0.1) is 31.7 Å². The molecule has 1 aliphatic heterocycles. The number of carbonyl (C=O) groups is 4. The van der Waals surface area contributed by atoms with E-state index in [0.717, 1.165) is 17.8 Å². The van der Waals surface area contributed by atoms with Crippen LogP contribution in [0.15, 0.2) is 0 Å². The number of Topliss-reactive ketones (excluding diaryl/α,β-unsaturated/α-hetero) is 4. The van der Waals surface area contributed by atoms with Crippen LogP contribution >= 0.6 is 47.0 Å². The van der Waals surface area contributed by atoms with Crippen LogP contribution in [-0.4, -0.2) is 77.6 Å². The molecule has 4 nitrogen and oxygen atoms in total. The van der Waals surface area contributed by atoms with E-state index in [1.54, 1.807) is 30.4 Å². The van der Waals surface area contributed by atoms with Crippen LogP contribution in [0.5, 0.6) is 0 Å². The monoisotopic (exact) mass is 732 g/mol. The van der Waals surface area contributed by atoms with Gasteiger partial charge in [-0.3, -0.25) is 9.59 Å². The molecule has 0 aromatic heterocycles. The van der Waals surface area contributed by atoms with Crippen LogP contribution in [0.25, 0.3) is 0 Å². The zero-order chi connectivity index (χ0) is 25.9. The van der Waals surface area contributed by atoms with Crippen LogP contribution in [-0.2, 0) is 84.6 Å². The Balaban J connectivity index is -0.000000107. The van der Waals surface area contributed by atoms with Crippen LogP contribution in [0, 0.1) is 28.7 Å². The molecular weight excluding hydrogens is 691 g/mol. The van der Waals surface area contributed by atoms with Crippen LogP contribution in [0.3, 0.4) is 0 Å². The normalized spacial score (nSPS) is 12.8. The fourth-order valence-corrected chi connectivity index (χ4v) is 8.78. The number of thioether (sulfide) groups is 4. The molecular formula is C24H41B3O4S4Y2-4. The number of ketones is 4. The number of hydrogen-bond acceptors (Lipinski definition) is 8. The average molecular weight is 732 g/mol. The summed E-state index contributed by atoms with van der Waals surface area (Å²) in [6.07, 6.45) is 2.92. The molecule has 0 spiro atoms. The summed E-state index contributed by atoms with van der Waals surface area (Å²) in [6, 6.07) is 0. The molecule has 0 amide bonds. The van der Waals surface area contributed by atoms with Crippen molar-refractivity contribution >= 4 is 93.7 Å². The SMILES string of the molecule is [B]CC.[B]CSC(CC(C)=O)(CC(=O)C[CH2-])SC[B].[CH2-]CC(=O)CC1(CC(C)=O)SCCS1.[CH3-].[CH3-].[Y].[Y]. The minimum Gasteiger partial charge on any atom is -0.358 e. The predicted octanol–water partition coefficient (Wildman–Crippen LogP) is 5.38. The van der Waals surface area contributed by atoms with E-state index in [1.807, 2.05) is 6.92 Å². The third kappa shape index (κ3) is 27.1. The molecule has 0 saturated carbocycles. The summed E-state index contributed by atoms with van der Waals surface area (Å²) >= 11 is 6.33. The Hall–Kier alpha value is 2.48. The van der Waals surface area contributed by atoms with Gasteiger partial charge in [-0.05, 0) is 25.2 Å². The summed E-state index contributed by atoms with van der Waals surface area (Å²) in [5.74, 6) is 2.49. The fraction of sp³-hybridized carbons (Fsp3) is 0.667. The van der Waals surface area contributed by atoms with E-state index in [1.165, 1.54) is 30.4 Å². The second kappa shape index (κ2) is 31.4. The Kier molecular flexibility index (Phi) is 44.3. The maximum atomic E-state index is 11.5. The molecule has 1 rings (SSSR count). The number of carbonyl (C=O) groups excluding carboxylic acids is 4. The van der Waals surface area contributed by atoms with Crippen molar-refractivity contribution in [2.75, 3.05) is 22.8 Å². The summed E-state index contributed by atoms with van der Waals surface area (Å²) in [7, 11) is 15.9. The van der Waals surface area contributed by atoms with E-state index >= 15 is 0 Å². The Morgan fingerprint density at radius 3 is 1.51 bits per heavy atom. The number of hydrogen-bond donors (Lipinski definition) is 0. The van der Waals surface area contributed by atoms with Gasteiger partial charge in [-0.2, -0.15) is 23.5 Å². The smallest absolute Gasteiger partial charge is 0.132 e. The van der Waals surface area contributed by atoms with Crippen molar-refractivity contribution < 1.29 is 84.6 Å². The molecule has 13 heteroatoms. The molecule has 8 radical (unpaired) electrons. The van der Waals surface area contributed by atoms with E-state index in [2.05, 4.69) is 13.8 Å². The van der Waals surface area contributed by atoms with Gasteiger partial charge in [-0.1, -0.05) is 13.2 Å². The second-order valence-corrected chi connectivity index (χ2v) is 13.5. The molecule has 0 aliphatic carbocycles. The van der Waals surface area contributed by atoms with E-state index in [-0.39, 0.29) is 114 Å². The van der Waals surface area contributed by atoms with E-state index < -0.39 is 4.08 Å². The van der Waals surface area contributed by atoms with Gasteiger partial charge in [0, 0.05) is 103 Å². The summed E-state index contributed by atoms with van der Waals surface area (Å²) in [4.78, 5) is 45.2. The molecule has 1 fully saturated rings. The van der Waals surface area contributed by atoms with E-state index in [9.17, 15) is 19.2 Å². The van der Waals surface area contributed by atoms with Crippen molar-refractivity contribution in [1.29, 1.82) is 0 Å². The Morgan fingerprint density at radius 2 is 1.22 bits per heavy atom. The first kappa shape index (κ1) is 52.2. The van der Waals surface area contributed by atoms with Crippen molar-refractivity contribution in [3.8, 4) is 0 Å². The van der Waals surface area contributed by atoms with Gasteiger partial charge < -0.3 is 38.3 Å². The standard InChI is InChI=1S/C10H15B2O2S2.C10H15O2S2.C2H5B.2CH3.2Y/c1-3-9(14)5-10(15-6-11,16-7-12)4-8(2)13;1-3-9(12)7-10(6-8(2)11)13-4-5-14-10;1-2-3;;;;/h1,3-7H2,2H3;1,3-7H2,2H3;2H2,1H3;2*1H3;;/q2*-1;;2*-1;;. The maximum absolute atomic E-state index is 11.5. The van der Waals surface area contributed by atoms with Gasteiger partial charge in [0.2, 0.25) is 0 Å². The topological polar surface area (TPSA) is 68.3 Å². The van der Waals surface area contributed by atoms with Crippen LogP contribution in [0.4, 0.5) is 0 Å². The Bertz CT molecular complexity index is 607. The van der Waals surface area contributed by atoms with Crippen molar-refractivity contribution in [3.05, 3.63) is 28.7 Å². The number of rotatable bonds is 14. The largest absolute Gasteiger partial charge is 0.358 e. The molecule has 0 aromatic carbocycles. The molecule has 1 aliphatic rings. The second-order valence-electron chi connectivity index (χ2n) is 7.24. The third-order valence-electron chi connectivity index (χ3n) is 4.03. The zero-order valence-electron chi connectivity index (χ0n) is 23.3. The van der Waals surface area contributed by atoms with Gasteiger partial charge in [-0.25, -0.2) is 0 Å². The molecule has 0 aromatic rings. The first-order chi connectivity index (χ1) is 15.5. The summed E-state index contributed by atoms with van der Waals surface area (Å²) in [6.45, 7) is 12.1. The molecule has 0 N–H and O–H groups in total. The average Bonchev–Trinajstić information content (AvgIpc) is 3.15. The molecule has 0 unspecified atom stereocenters. The Labute approximate surface area is 300 Å². The molecule has 1 heterocycles. The molecule has 0 atom stereocenters. The predicted molar refractivity (Wildman–Crippen MR) is 166 cm³/mol. The Morgan fingerprint density at radius 1 is 0.811 bits per heavy atom. The van der Waals surface area contributed by atoms with Crippen molar-refractivity contribution in [3.63, 3.8) is 0 Å². The summed E-state index contributed by atoms with van der Waals surface area (Å²) < 4.78 is -0.676. The molecule has 1 saturated heterocycles. The quantitative estimate of drug-likeness (QED) is 0.134. The van der Waals surface area contributed by atoms with Crippen LogP contribution in [0.2, 0.25) is 6.32 Å². The maximum Gasteiger partial charge on any atom is 0.132 e. The first-order valence-electron chi connectivity index (χ1n) is 10.8. The van der Waals surface area contributed by atoms with Crippen molar-refractivity contribution in [2.45, 2.75) is 73.8 Å². The molecule has 0 bridgehead atoms. The summed E-state index contributed by atoms with van der Waals surface area (Å²) in [5, 5.41) is 0. The van der Waals surface area contributed by atoms with Crippen LogP contribution in [0.1, 0.15) is 59.3 Å². The van der Waals surface area contributed by atoms with Crippen LogP contribution < -0.4 is 0 Å². The van der Waals surface area contributed by atoms with Crippen molar-refractivity contribution in [2.24, 2.45) is 0 Å². The minimum absolute atomic E-state index is 0. The van der Waals surface area contributed by atoms with E-state index in [0.29, 0.717) is 43.4 Å². The zero-order valence-corrected chi connectivity index (χ0v) is 32.3. The van der Waals surface area contributed by atoms with Gasteiger partial charge >= 0.3 is 0 Å². The molecule has 37 heavy (non-hydrogen) atoms. The molecule has 204 valence electrons. The van der Waals surface area contributed by atoms with E-state index in [4.69, 9.17) is 23.5 Å².